The Hall–Kier alpha value is -2.34. The van der Waals surface area contributed by atoms with Crippen molar-refractivity contribution in [1.29, 1.82) is 0 Å². The maximum Gasteiger partial charge on any atom is 0.243 e. The van der Waals surface area contributed by atoms with E-state index in [-0.39, 0.29) is 11.9 Å². The molecule has 1 aromatic carbocycles. The predicted molar refractivity (Wildman–Crippen MR) is 88.6 cm³/mol. The molecule has 1 heterocycles. The third-order valence-electron chi connectivity index (χ3n) is 3.62. The van der Waals surface area contributed by atoms with Crippen LogP contribution in [0.4, 0.5) is 5.88 Å². The van der Waals surface area contributed by atoms with Crippen molar-refractivity contribution in [2.45, 2.75) is 39.8 Å². The van der Waals surface area contributed by atoms with Crippen LogP contribution >= 0.6 is 0 Å². The highest BCUT2D eigenvalue weighted by Crippen LogP contribution is 2.26. The van der Waals surface area contributed by atoms with E-state index in [0.29, 0.717) is 5.88 Å². The summed E-state index contributed by atoms with van der Waals surface area (Å²) in [6, 6.07) is 7.23. The van der Waals surface area contributed by atoms with Gasteiger partial charge in [-0.25, -0.2) is 0 Å². The summed E-state index contributed by atoms with van der Waals surface area (Å²) in [5.41, 5.74) is 2.88. The standard InChI is InChI=1S/C17H23N3O3/c1-10-6-7-15(22-5)14(8-10)12(3)18-13(4)17(21)19-16-9-11(2)20-23-16/h6-9,12-13,18H,1-5H3,(H,19,21). The van der Waals surface area contributed by atoms with Crippen molar-refractivity contribution in [3.8, 4) is 5.75 Å². The molecule has 1 aromatic heterocycles. The van der Waals surface area contributed by atoms with E-state index in [4.69, 9.17) is 9.26 Å². The first-order valence-corrected chi connectivity index (χ1v) is 7.55. The van der Waals surface area contributed by atoms with Gasteiger partial charge in [-0.15, -0.1) is 0 Å². The Balaban J connectivity index is 2.02. The molecule has 2 N–H and O–H groups in total. The van der Waals surface area contributed by atoms with Gasteiger partial charge in [-0.3, -0.25) is 15.4 Å². The lowest BCUT2D eigenvalue weighted by molar-refractivity contribution is -0.118. The van der Waals surface area contributed by atoms with Crippen molar-refractivity contribution in [2.75, 3.05) is 12.4 Å². The van der Waals surface area contributed by atoms with Gasteiger partial charge in [0.1, 0.15) is 5.75 Å². The molecule has 1 amide bonds. The number of anilines is 1. The minimum Gasteiger partial charge on any atom is -0.496 e. The van der Waals surface area contributed by atoms with Crippen molar-refractivity contribution >= 4 is 11.8 Å². The summed E-state index contributed by atoms with van der Waals surface area (Å²) >= 11 is 0. The molecule has 0 radical (unpaired) electrons. The molecule has 23 heavy (non-hydrogen) atoms. The van der Waals surface area contributed by atoms with Gasteiger partial charge in [0.15, 0.2) is 0 Å². The number of rotatable bonds is 6. The van der Waals surface area contributed by atoms with Crippen LogP contribution in [0.1, 0.15) is 36.7 Å². The SMILES string of the molecule is COc1ccc(C)cc1C(C)NC(C)C(=O)Nc1cc(C)no1. The van der Waals surface area contributed by atoms with Crippen LogP contribution in [0.25, 0.3) is 0 Å². The highest BCUT2D eigenvalue weighted by molar-refractivity contribution is 5.93. The molecule has 2 aromatic rings. The van der Waals surface area contributed by atoms with Crippen molar-refractivity contribution in [2.24, 2.45) is 0 Å². The summed E-state index contributed by atoms with van der Waals surface area (Å²) in [6.45, 7) is 7.63. The van der Waals surface area contributed by atoms with Crippen LogP contribution in [0, 0.1) is 13.8 Å². The average Bonchev–Trinajstić information content (AvgIpc) is 2.92. The number of carbonyl (C=O) groups excluding carboxylic acids is 1. The van der Waals surface area contributed by atoms with Gasteiger partial charge in [-0.2, -0.15) is 0 Å². The monoisotopic (exact) mass is 317 g/mol. The van der Waals surface area contributed by atoms with E-state index >= 15 is 0 Å². The third kappa shape index (κ3) is 4.32. The summed E-state index contributed by atoms with van der Waals surface area (Å²) in [7, 11) is 1.64. The number of hydrogen-bond acceptors (Lipinski definition) is 5. The second-order valence-corrected chi connectivity index (χ2v) is 5.68. The van der Waals surface area contributed by atoms with Crippen molar-refractivity contribution in [3.05, 3.63) is 41.1 Å². The fourth-order valence-electron chi connectivity index (χ4n) is 2.38. The van der Waals surface area contributed by atoms with E-state index in [1.165, 1.54) is 0 Å². The number of amides is 1. The van der Waals surface area contributed by atoms with Gasteiger partial charge in [-0.05, 0) is 33.8 Å². The lowest BCUT2D eigenvalue weighted by Gasteiger charge is -2.21. The second-order valence-electron chi connectivity index (χ2n) is 5.68. The summed E-state index contributed by atoms with van der Waals surface area (Å²) in [5, 5.41) is 9.71. The largest absolute Gasteiger partial charge is 0.496 e. The van der Waals surface area contributed by atoms with Crippen molar-refractivity contribution in [1.82, 2.24) is 10.5 Å². The second kappa shape index (κ2) is 7.28. The average molecular weight is 317 g/mol. The van der Waals surface area contributed by atoms with Gasteiger partial charge in [0.2, 0.25) is 11.8 Å². The Morgan fingerprint density at radius 1 is 1.26 bits per heavy atom. The number of hydrogen-bond donors (Lipinski definition) is 2. The van der Waals surface area contributed by atoms with Crippen LogP contribution in [0.5, 0.6) is 5.75 Å². The number of methoxy groups -OCH3 is 1. The van der Waals surface area contributed by atoms with Crippen LogP contribution in [0.3, 0.4) is 0 Å². The molecule has 0 saturated heterocycles. The minimum atomic E-state index is -0.402. The fraction of sp³-hybridized carbons (Fsp3) is 0.412. The molecule has 0 saturated carbocycles. The van der Waals surface area contributed by atoms with Gasteiger partial charge in [0.05, 0.1) is 18.8 Å². The van der Waals surface area contributed by atoms with Crippen LogP contribution < -0.4 is 15.4 Å². The minimum absolute atomic E-state index is 0.0398. The molecule has 0 aliphatic heterocycles. The molecule has 124 valence electrons. The highest BCUT2D eigenvalue weighted by atomic mass is 16.5. The molecular formula is C17H23N3O3. The Morgan fingerprint density at radius 2 is 2.00 bits per heavy atom. The van der Waals surface area contributed by atoms with Gasteiger partial charge in [0, 0.05) is 17.7 Å². The molecule has 6 nitrogen and oxygen atoms in total. The molecule has 0 bridgehead atoms. The maximum atomic E-state index is 12.2. The third-order valence-corrected chi connectivity index (χ3v) is 3.62. The molecule has 2 unspecified atom stereocenters. The van der Waals surface area contributed by atoms with Crippen LogP contribution in [-0.2, 0) is 4.79 Å². The molecule has 6 heteroatoms. The Kier molecular flexibility index (Phi) is 5.39. The Morgan fingerprint density at radius 3 is 2.61 bits per heavy atom. The highest BCUT2D eigenvalue weighted by Gasteiger charge is 2.19. The first-order valence-electron chi connectivity index (χ1n) is 7.55. The lowest BCUT2D eigenvalue weighted by Crippen LogP contribution is -2.39. The molecular weight excluding hydrogens is 294 g/mol. The number of aryl methyl sites for hydroxylation is 2. The lowest BCUT2D eigenvalue weighted by atomic mass is 10.0. The van der Waals surface area contributed by atoms with Crippen LogP contribution in [-0.4, -0.2) is 24.2 Å². The van der Waals surface area contributed by atoms with E-state index in [1.807, 2.05) is 26.0 Å². The van der Waals surface area contributed by atoms with Gasteiger partial charge in [0.25, 0.3) is 0 Å². The molecule has 0 aliphatic carbocycles. The zero-order chi connectivity index (χ0) is 17.0. The number of nitrogens with one attached hydrogen (secondary N) is 2. The smallest absolute Gasteiger partial charge is 0.243 e. The normalized spacial score (nSPS) is 13.4. The Labute approximate surface area is 136 Å². The molecule has 0 fully saturated rings. The number of benzene rings is 1. The van der Waals surface area contributed by atoms with Gasteiger partial charge in [-0.1, -0.05) is 22.9 Å². The zero-order valence-corrected chi connectivity index (χ0v) is 14.1. The zero-order valence-electron chi connectivity index (χ0n) is 14.1. The van der Waals surface area contributed by atoms with Crippen LogP contribution in [0.15, 0.2) is 28.8 Å². The number of ether oxygens (including phenoxy) is 1. The van der Waals surface area contributed by atoms with E-state index in [1.54, 1.807) is 27.0 Å². The van der Waals surface area contributed by atoms with Crippen molar-refractivity contribution in [3.63, 3.8) is 0 Å². The molecule has 0 spiro atoms. The number of aromatic nitrogens is 1. The van der Waals surface area contributed by atoms with E-state index in [9.17, 15) is 4.79 Å². The Bertz CT molecular complexity index is 681. The number of nitrogens with zero attached hydrogens (tertiary/aromatic N) is 1. The van der Waals surface area contributed by atoms with Gasteiger partial charge >= 0.3 is 0 Å². The van der Waals surface area contributed by atoms with Crippen LogP contribution in [0.2, 0.25) is 0 Å². The van der Waals surface area contributed by atoms with E-state index in [0.717, 1.165) is 22.6 Å². The summed E-state index contributed by atoms with van der Waals surface area (Å²) in [5.74, 6) is 0.968. The first kappa shape index (κ1) is 17.0. The van der Waals surface area contributed by atoms with Crippen molar-refractivity contribution < 1.29 is 14.1 Å². The van der Waals surface area contributed by atoms with E-state index in [2.05, 4.69) is 21.9 Å². The summed E-state index contributed by atoms with van der Waals surface area (Å²) < 4.78 is 10.4. The fourth-order valence-corrected chi connectivity index (χ4v) is 2.38. The predicted octanol–water partition coefficient (Wildman–Crippen LogP) is 2.98. The molecule has 2 atom stereocenters. The van der Waals surface area contributed by atoms with E-state index < -0.39 is 6.04 Å². The quantitative estimate of drug-likeness (QED) is 0.856. The van der Waals surface area contributed by atoms with Gasteiger partial charge < -0.3 is 9.26 Å². The molecule has 0 aliphatic rings. The summed E-state index contributed by atoms with van der Waals surface area (Å²) in [4.78, 5) is 12.2. The topological polar surface area (TPSA) is 76.4 Å². The summed E-state index contributed by atoms with van der Waals surface area (Å²) in [6.07, 6.45) is 0. The first-order chi connectivity index (χ1) is 10.9. The molecule has 2 rings (SSSR count). The maximum absolute atomic E-state index is 12.2. The number of carbonyl (C=O) groups is 1.